The van der Waals surface area contributed by atoms with Crippen molar-refractivity contribution in [3.63, 3.8) is 0 Å². The van der Waals surface area contributed by atoms with E-state index in [4.69, 9.17) is 0 Å². The average molecular weight is 275 g/mol. The SMILES string of the molecule is CN(O)C(=O)C1SC(c2cccnc2)n2cccc21. The molecule has 1 N–H and O–H groups in total. The number of hydrogen-bond acceptors (Lipinski definition) is 4. The maximum absolute atomic E-state index is 12.0. The molecule has 2 aromatic heterocycles. The van der Waals surface area contributed by atoms with Crippen molar-refractivity contribution < 1.29 is 10.0 Å². The Kier molecular flexibility index (Phi) is 3.04. The van der Waals surface area contributed by atoms with Crippen molar-refractivity contribution >= 4 is 17.7 Å². The third-order valence-corrected chi connectivity index (χ3v) is 4.58. The zero-order chi connectivity index (χ0) is 13.4. The van der Waals surface area contributed by atoms with E-state index >= 15 is 0 Å². The van der Waals surface area contributed by atoms with E-state index < -0.39 is 0 Å². The molecule has 2 unspecified atom stereocenters. The number of rotatable bonds is 2. The van der Waals surface area contributed by atoms with Crippen molar-refractivity contribution in [3.05, 3.63) is 54.1 Å². The normalized spacial score (nSPS) is 21.2. The fraction of sp³-hybridized carbons (Fsp3) is 0.231. The first kappa shape index (κ1) is 12.3. The molecule has 3 heterocycles. The second kappa shape index (κ2) is 4.71. The maximum atomic E-state index is 12.0. The van der Waals surface area contributed by atoms with Gasteiger partial charge in [-0.05, 0) is 18.2 Å². The van der Waals surface area contributed by atoms with Gasteiger partial charge in [-0.1, -0.05) is 6.07 Å². The number of hydroxylamine groups is 2. The Morgan fingerprint density at radius 3 is 3.00 bits per heavy atom. The summed E-state index contributed by atoms with van der Waals surface area (Å²) < 4.78 is 2.05. The van der Waals surface area contributed by atoms with Crippen LogP contribution in [-0.4, -0.2) is 32.8 Å². The fourth-order valence-electron chi connectivity index (χ4n) is 2.22. The van der Waals surface area contributed by atoms with Gasteiger partial charge in [0, 0.05) is 36.9 Å². The molecule has 19 heavy (non-hydrogen) atoms. The molecule has 0 radical (unpaired) electrons. The third kappa shape index (κ3) is 2.02. The molecular formula is C13H13N3O2S. The number of fused-ring (bicyclic) bond motifs is 1. The number of likely N-dealkylation sites (N-methyl/N-ethyl adjacent to an activating group) is 1. The highest BCUT2D eigenvalue weighted by Gasteiger charge is 2.37. The van der Waals surface area contributed by atoms with Crippen molar-refractivity contribution in [1.29, 1.82) is 0 Å². The van der Waals surface area contributed by atoms with Gasteiger partial charge < -0.3 is 4.57 Å². The molecule has 1 amide bonds. The molecule has 3 rings (SSSR count). The Bertz CT molecular complexity index is 597. The molecule has 1 aliphatic heterocycles. The molecule has 0 aliphatic carbocycles. The Hall–Kier alpha value is -1.79. The predicted molar refractivity (Wildman–Crippen MR) is 71.7 cm³/mol. The van der Waals surface area contributed by atoms with Gasteiger partial charge in [0.15, 0.2) is 0 Å². The zero-order valence-corrected chi connectivity index (χ0v) is 11.1. The zero-order valence-electron chi connectivity index (χ0n) is 10.3. The van der Waals surface area contributed by atoms with Crippen LogP contribution in [0.3, 0.4) is 0 Å². The highest BCUT2D eigenvalue weighted by molar-refractivity contribution is 8.00. The molecule has 0 saturated carbocycles. The van der Waals surface area contributed by atoms with Crippen LogP contribution in [0.4, 0.5) is 0 Å². The Balaban J connectivity index is 1.98. The second-order valence-corrected chi connectivity index (χ2v) is 5.55. The number of nitrogens with zero attached hydrogens (tertiary/aromatic N) is 3. The molecule has 0 fully saturated rings. The number of carbonyl (C=O) groups is 1. The molecule has 98 valence electrons. The number of thioether (sulfide) groups is 1. The molecule has 2 aromatic rings. The van der Waals surface area contributed by atoms with Crippen molar-refractivity contribution in [2.24, 2.45) is 0 Å². The molecule has 0 aromatic carbocycles. The summed E-state index contributed by atoms with van der Waals surface area (Å²) in [6.07, 6.45) is 5.48. The summed E-state index contributed by atoms with van der Waals surface area (Å²) in [7, 11) is 1.35. The van der Waals surface area contributed by atoms with E-state index in [9.17, 15) is 10.0 Å². The molecule has 0 spiro atoms. The van der Waals surface area contributed by atoms with E-state index in [-0.39, 0.29) is 16.5 Å². The third-order valence-electron chi connectivity index (χ3n) is 3.11. The molecule has 6 heteroatoms. The summed E-state index contributed by atoms with van der Waals surface area (Å²) in [4.78, 5) is 16.1. The molecule has 0 bridgehead atoms. The van der Waals surface area contributed by atoms with Gasteiger partial charge >= 0.3 is 0 Å². The Labute approximate surface area is 114 Å². The standard InChI is InChI=1S/C13H13N3O2S/c1-15(18)12(17)11-10-5-3-7-16(10)13(19-11)9-4-2-6-14-8-9/h2-8,11,13,18H,1H3. The fourth-order valence-corrected chi connectivity index (χ4v) is 3.71. The van der Waals surface area contributed by atoms with E-state index in [2.05, 4.69) is 4.98 Å². The molecule has 2 atom stereocenters. The van der Waals surface area contributed by atoms with Crippen LogP contribution in [0.15, 0.2) is 42.9 Å². The highest BCUT2D eigenvalue weighted by atomic mass is 32.2. The smallest absolute Gasteiger partial charge is 0.264 e. The highest BCUT2D eigenvalue weighted by Crippen LogP contribution is 2.49. The summed E-state index contributed by atoms with van der Waals surface area (Å²) in [5.41, 5.74) is 1.95. The average Bonchev–Trinajstić information content (AvgIpc) is 3.00. The van der Waals surface area contributed by atoms with Gasteiger partial charge in [-0.2, -0.15) is 0 Å². The Morgan fingerprint density at radius 1 is 1.47 bits per heavy atom. The van der Waals surface area contributed by atoms with Crippen molar-refractivity contribution in [1.82, 2.24) is 14.6 Å². The van der Waals surface area contributed by atoms with Crippen molar-refractivity contribution in [3.8, 4) is 0 Å². The van der Waals surface area contributed by atoms with Crippen LogP contribution in [0.1, 0.15) is 21.9 Å². The minimum atomic E-state index is -0.379. The summed E-state index contributed by atoms with van der Waals surface area (Å²) in [6, 6.07) is 7.70. The largest absolute Gasteiger partial charge is 0.333 e. The lowest BCUT2D eigenvalue weighted by Gasteiger charge is -2.14. The van der Waals surface area contributed by atoms with E-state index in [0.29, 0.717) is 5.06 Å². The summed E-state index contributed by atoms with van der Waals surface area (Å²) >= 11 is 1.51. The minimum absolute atomic E-state index is 0.0209. The first-order valence-electron chi connectivity index (χ1n) is 5.87. The maximum Gasteiger partial charge on any atom is 0.264 e. The monoisotopic (exact) mass is 275 g/mol. The van der Waals surface area contributed by atoms with E-state index in [0.717, 1.165) is 11.3 Å². The lowest BCUT2D eigenvalue weighted by atomic mass is 10.2. The minimum Gasteiger partial charge on any atom is -0.333 e. The predicted octanol–water partition coefficient (Wildman–Crippen LogP) is 2.07. The van der Waals surface area contributed by atoms with E-state index in [1.54, 1.807) is 12.4 Å². The van der Waals surface area contributed by atoms with Gasteiger partial charge in [-0.3, -0.25) is 15.0 Å². The van der Waals surface area contributed by atoms with Crippen LogP contribution >= 0.6 is 11.8 Å². The Morgan fingerprint density at radius 2 is 2.32 bits per heavy atom. The van der Waals surface area contributed by atoms with Gasteiger partial charge in [-0.15, -0.1) is 11.8 Å². The summed E-state index contributed by atoms with van der Waals surface area (Å²) in [6.45, 7) is 0. The molecule has 0 saturated heterocycles. The topological polar surface area (TPSA) is 58.4 Å². The quantitative estimate of drug-likeness (QED) is 0.673. The van der Waals surface area contributed by atoms with Crippen LogP contribution in [0.5, 0.6) is 0 Å². The van der Waals surface area contributed by atoms with E-state index in [1.807, 2.05) is 35.0 Å². The van der Waals surface area contributed by atoms with Crippen LogP contribution in [0.2, 0.25) is 0 Å². The number of amides is 1. The molecule has 5 nitrogen and oxygen atoms in total. The van der Waals surface area contributed by atoms with Crippen LogP contribution in [0.25, 0.3) is 0 Å². The van der Waals surface area contributed by atoms with Gasteiger partial charge in [-0.25, -0.2) is 5.06 Å². The number of carbonyl (C=O) groups excluding carboxylic acids is 1. The lowest BCUT2D eigenvalue weighted by molar-refractivity contribution is -0.158. The van der Waals surface area contributed by atoms with E-state index in [1.165, 1.54) is 18.8 Å². The van der Waals surface area contributed by atoms with Crippen LogP contribution in [0, 0.1) is 0 Å². The lowest BCUT2D eigenvalue weighted by Crippen LogP contribution is -2.26. The first-order valence-corrected chi connectivity index (χ1v) is 6.81. The number of hydrogen-bond donors (Lipinski definition) is 1. The van der Waals surface area contributed by atoms with Crippen molar-refractivity contribution in [2.45, 2.75) is 10.6 Å². The van der Waals surface area contributed by atoms with Crippen LogP contribution < -0.4 is 0 Å². The van der Waals surface area contributed by atoms with Crippen LogP contribution in [-0.2, 0) is 4.79 Å². The number of pyridine rings is 1. The molecule has 1 aliphatic rings. The summed E-state index contributed by atoms with van der Waals surface area (Å²) in [5.74, 6) is -0.309. The first-order chi connectivity index (χ1) is 9.18. The number of aromatic nitrogens is 2. The van der Waals surface area contributed by atoms with Gasteiger partial charge in [0.2, 0.25) is 0 Å². The summed E-state index contributed by atoms with van der Waals surface area (Å²) in [5, 5.41) is 9.64. The van der Waals surface area contributed by atoms with Gasteiger partial charge in [0.25, 0.3) is 5.91 Å². The van der Waals surface area contributed by atoms with Gasteiger partial charge in [0.05, 0.1) is 0 Å². The molecular weight excluding hydrogens is 262 g/mol. The van der Waals surface area contributed by atoms with Crippen molar-refractivity contribution in [2.75, 3.05) is 7.05 Å². The second-order valence-electron chi connectivity index (χ2n) is 4.36. The van der Waals surface area contributed by atoms with Gasteiger partial charge in [0.1, 0.15) is 10.6 Å².